The Morgan fingerprint density at radius 3 is 2.62 bits per heavy atom. The molecule has 1 rings (SSSR count). The summed E-state index contributed by atoms with van der Waals surface area (Å²) >= 11 is -0.216. The molecule has 2 nitrogen and oxygen atoms in total. The Morgan fingerprint density at radius 1 is 1.50 bits per heavy atom. The molecule has 0 radical (unpaired) electrons. The van der Waals surface area contributed by atoms with Crippen molar-refractivity contribution in [1.82, 2.24) is 0 Å². The maximum absolute atomic E-state index is 4.20. The number of nitrogens with zero attached hydrogens (tertiary/aromatic N) is 2. The van der Waals surface area contributed by atoms with E-state index in [1.54, 1.807) is 0 Å². The van der Waals surface area contributed by atoms with Gasteiger partial charge in [0, 0.05) is 11.9 Å². The van der Waals surface area contributed by atoms with Gasteiger partial charge in [-0.1, -0.05) is 0 Å². The first kappa shape index (κ1) is 6.07. The Bertz CT molecular complexity index is 159. The van der Waals surface area contributed by atoms with Gasteiger partial charge in [0.1, 0.15) is 21.3 Å². The molecule has 8 heavy (non-hydrogen) atoms. The molecule has 0 N–H and O–H groups in total. The summed E-state index contributed by atoms with van der Waals surface area (Å²) < 4.78 is 8.27. The second-order valence-corrected chi connectivity index (χ2v) is 3.13. The lowest BCUT2D eigenvalue weighted by Crippen LogP contribution is -1.82. The van der Waals surface area contributed by atoms with Crippen molar-refractivity contribution in [2.75, 3.05) is 0 Å². The van der Waals surface area contributed by atoms with E-state index >= 15 is 0 Å². The van der Waals surface area contributed by atoms with Crippen LogP contribution in [0.15, 0.2) is 17.6 Å². The van der Waals surface area contributed by atoms with E-state index in [0.29, 0.717) is 0 Å². The molecule has 0 spiro atoms. The fraction of sp³-hybridized carbons (Fsp3) is 0.400. The molecule has 0 aromatic rings. The van der Waals surface area contributed by atoms with Crippen LogP contribution in [0, 0.1) is 0 Å². The Kier molecular flexibility index (Phi) is 1.88. The van der Waals surface area contributed by atoms with Gasteiger partial charge in [-0.2, -0.15) is 0 Å². The van der Waals surface area contributed by atoms with Crippen molar-refractivity contribution in [3.8, 4) is 0 Å². The van der Waals surface area contributed by atoms with E-state index in [0.717, 1.165) is 5.70 Å². The van der Waals surface area contributed by atoms with E-state index in [4.69, 9.17) is 0 Å². The summed E-state index contributed by atoms with van der Waals surface area (Å²) in [6.07, 6.45) is 1.91. The largest absolute Gasteiger partial charge is 0.212 e. The van der Waals surface area contributed by atoms with E-state index in [1.807, 2.05) is 20.1 Å². The lowest BCUT2D eigenvalue weighted by Gasteiger charge is -1.96. The van der Waals surface area contributed by atoms with Gasteiger partial charge in [-0.3, -0.25) is 0 Å². The molecule has 1 heterocycles. The predicted octanol–water partition coefficient (Wildman–Crippen LogP) is 2.43. The fourth-order valence-corrected chi connectivity index (χ4v) is 1.70. The summed E-state index contributed by atoms with van der Waals surface area (Å²) in [7, 11) is 0. The van der Waals surface area contributed by atoms with Gasteiger partial charge >= 0.3 is 0 Å². The van der Waals surface area contributed by atoms with Crippen molar-refractivity contribution < 1.29 is 0 Å². The monoisotopic (exact) mass is 222 g/mol. The van der Waals surface area contributed by atoms with Crippen LogP contribution >= 0.6 is 21.3 Å². The van der Waals surface area contributed by atoms with Crippen LogP contribution in [0.4, 0.5) is 0 Å². The lowest BCUT2D eigenvalue weighted by atomic mass is 10.3. The van der Waals surface area contributed by atoms with Crippen molar-refractivity contribution >= 4 is 27.5 Å². The summed E-state index contributed by atoms with van der Waals surface area (Å²) in [5, 5.41) is 0. The van der Waals surface area contributed by atoms with E-state index in [2.05, 4.69) is 6.35 Å². The zero-order valence-electron chi connectivity index (χ0n) is 4.85. The topological polar surface area (TPSA) is 24.7 Å². The molecule has 0 aromatic carbocycles. The van der Waals surface area contributed by atoms with Crippen LogP contribution in [0.5, 0.6) is 0 Å². The molecule has 0 bridgehead atoms. The second kappa shape index (κ2) is 2.48. The van der Waals surface area contributed by atoms with Gasteiger partial charge in [0.2, 0.25) is 0 Å². The predicted molar refractivity (Wildman–Crippen MR) is 43.3 cm³/mol. The minimum absolute atomic E-state index is 0.216. The van der Waals surface area contributed by atoms with Crippen molar-refractivity contribution in [3.05, 3.63) is 11.3 Å². The van der Waals surface area contributed by atoms with Gasteiger partial charge < -0.3 is 0 Å². The summed E-state index contributed by atoms with van der Waals surface area (Å²) in [4.78, 5) is 0. The van der Waals surface area contributed by atoms with Crippen LogP contribution in [-0.4, -0.2) is 6.21 Å². The standard InChI is InChI=1S/C5H7IN2/c1-4-3-7-6-8-5(4)2/h3H,1-2H3. The van der Waals surface area contributed by atoms with E-state index in [9.17, 15) is 0 Å². The number of hydrogen-bond donors (Lipinski definition) is 0. The maximum atomic E-state index is 4.20. The number of hydrogen-bond acceptors (Lipinski definition) is 2. The van der Waals surface area contributed by atoms with Gasteiger partial charge in [0.05, 0.1) is 0 Å². The molecular formula is C5H7IN2. The zero-order valence-corrected chi connectivity index (χ0v) is 7.01. The van der Waals surface area contributed by atoms with Gasteiger partial charge in [-0.15, -0.1) is 0 Å². The minimum Gasteiger partial charge on any atom is -0.212 e. The molecule has 0 saturated heterocycles. The molecule has 0 aliphatic carbocycles. The molecule has 0 fully saturated rings. The van der Waals surface area contributed by atoms with Gasteiger partial charge in [0.15, 0.2) is 0 Å². The Hall–Kier alpha value is -0.0600. The van der Waals surface area contributed by atoms with E-state index in [1.165, 1.54) is 5.57 Å². The van der Waals surface area contributed by atoms with E-state index < -0.39 is 0 Å². The van der Waals surface area contributed by atoms with Crippen LogP contribution in [0.25, 0.3) is 0 Å². The molecule has 3 heteroatoms. The van der Waals surface area contributed by atoms with Gasteiger partial charge in [0.25, 0.3) is 0 Å². The second-order valence-electron chi connectivity index (χ2n) is 1.66. The van der Waals surface area contributed by atoms with Crippen molar-refractivity contribution in [1.29, 1.82) is 0 Å². The average Bonchev–Trinajstić information content (AvgIpc) is 1.77. The smallest absolute Gasteiger partial charge is 0.142 e. The van der Waals surface area contributed by atoms with Crippen molar-refractivity contribution in [3.63, 3.8) is 0 Å². The van der Waals surface area contributed by atoms with Crippen LogP contribution in [0.3, 0.4) is 0 Å². The number of rotatable bonds is 0. The highest BCUT2D eigenvalue weighted by atomic mass is 127. The quantitative estimate of drug-likeness (QED) is 0.562. The third-order valence-electron chi connectivity index (χ3n) is 1.02. The van der Waals surface area contributed by atoms with Gasteiger partial charge in [-0.05, 0) is 19.4 Å². The summed E-state index contributed by atoms with van der Waals surface area (Å²) in [6, 6.07) is 0. The van der Waals surface area contributed by atoms with E-state index in [-0.39, 0.29) is 21.3 Å². The summed E-state index contributed by atoms with van der Waals surface area (Å²) in [5.74, 6) is 0. The Balaban J connectivity index is 2.97. The first-order valence-electron chi connectivity index (χ1n) is 2.36. The molecule has 0 saturated carbocycles. The number of allylic oxidation sites excluding steroid dienone is 2. The number of halogens is 1. The molecular weight excluding hydrogens is 215 g/mol. The highest BCUT2D eigenvalue weighted by Gasteiger charge is 1.92. The third-order valence-corrected chi connectivity index (χ3v) is 2.49. The van der Waals surface area contributed by atoms with Crippen LogP contribution in [0.1, 0.15) is 13.8 Å². The Labute approximate surface area is 59.2 Å². The molecule has 0 aromatic heterocycles. The van der Waals surface area contributed by atoms with Gasteiger partial charge in [-0.25, -0.2) is 6.35 Å². The summed E-state index contributed by atoms with van der Waals surface area (Å²) in [6.45, 7) is 4.06. The molecule has 0 atom stereocenters. The highest BCUT2D eigenvalue weighted by Crippen LogP contribution is 2.16. The fourth-order valence-electron chi connectivity index (χ4n) is 0.334. The van der Waals surface area contributed by atoms with Crippen molar-refractivity contribution in [2.45, 2.75) is 13.8 Å². The van der Waals surface area contributed by atoms with Crippen LogP contribution < -0.4 is 0 Å². The molecule has 0 unspecified atom stereocenters. The first-order chi connectivity index (χ1) is 3.80. The SMILES string of the molecule is CC1=C(C)N=IN=C1. The maximum Gasteiger partial charge on any atom is 0.142 e. The lowest BCUT2D eigenvalue weighted by molar-refractivity contribution is 1.30. The highest BCUT2D eigenvalue weighted by molar-refractivity contribution is 14.1. The molecule has 1 aliphatic rings. The minimum atomic E-state index is -0.216. The summed E-state index contributed by atoms with van der Waals surface area (Å²) in [5.41, 5.74) is 2.36. The molecule has 1 aliphatic heterocycles. The average molecular weight is 222 g/mol. The third kappa shape index (κ3) is 1.21. The van der Waals surface area contributed by atoms with Crippen molar-refractivity contribution in [2.24, 2.45) is 6.35 Å². The normalized spacial score (nSPS) is 18.8. The Morgan fingerprint density at radius 2 is 2.25 bits per heavy atom. The first-order valence-corrected chi connectivity index (χ1v) is 4.29. The molecule has 44 valence electrons. The zero-order chi connectivity index (χ0) is 5.98. The van der Waals surface area contributed by atoms with Crippen LogP contribution in [-0.2, 0) is 0 Å². The molecule has 0 amide bonds. The van der Waals surface area contributed by atoms with Crippen LogP contribution in [0.2, 0.25) is 0 Å².